The number of hydrogen-bond donors (Lipinski definition) is 0. The van der Waals surface area contributed by atoms with Crippen LogP contribution in [0.5, 0.6) is 0 Å². The topological polar surface area (TPSA) is 21.7 Å². The third-order valence-electron chi connectivity index (χ3n) is 3.94. The van der Waals surface area contributed by atoms with Crippen molar-refractivity contribution < 1.29 is 9.47 Å². The van der Waals surface area contributed by atoms with Gasteiger partial charge in [-0.25, -0.2) is 0 Å². The van der Waals surface area contributed by atoms with Crippen LogP contribution in [0.3, 0.4) is 0 Å². The van der Waals surface area contributed by atoms with Gasteiger partial charge in [0.25, 0.3) is 0 Å². The highest BCUT2D eigenvalue weighted by Gasteiger charge is 2.18. The van der Waals surface area contributed by atoms with Crippen LogP contribution in [0.15, 0.2) is 35.5 Å². The van der Waals surface area contributed by atoms with Crippen LogP contribution in [-0.4, -0.2) is 31.1 Å². The third kappa shape index (κ3) is 5.96. The number of hydrogen-bond acceptors (Lipinski definition) is 3. The van der Waals surface area contributed by atoms with Crippen molar-refractivity contribution in [3.05, 3.63) is 35.5 Å². The van der Waals surface area contributed by atoms with E-state index in [9.17, 15) is 0 Å². The molecule has 0 amide bonds. The van der Waals surface area contributed by atoms with Gasteiger partial charge in [0.1, 0.15) is 5.76 Å². The van der Waals surface area contributed by atoms with Crippen molar-refractivity contribution in [2.45, 2.75) is 59.6 Å². The van der Waals surface area contributed by atoms with Gasteiger partial charge in [0.05, 0.1) is 17.6 Å². The van der Waals surface area contributed by atoms with Crippen molar-refractivity contribution in [3.8, 4) is 0 Å². The Morgan fingerprint density at radius 1 is 1.43 bits per heavy atom. The Balaban J connectivity index is 2.53. The van der Waals surface area contributed by atoms with E-state index in [0.29, 0.717) is 12.0 Å². The molecule has 120 valence electrons. The van der Waals surface area contributed by atoms with Crippen molar-refractivity contribution in [2.24, 2.45) is 5.92 Å². The van der Waals surface area contributed by atoms with E-state index in [-0.39, 0.29) is 6.10 Å². The lowest BCUT2D eigenvalue weighted by molar-refractivity contribution is 0.100. The molecule has 1 rings (SSSR count). The number of nitrogens with zero attached hydrogens (tertiary/aromatic N) is 1. The van der Waals surface area contributed by atoms with E-state index in [2.05, 4.69) is 45.8 Å². The minimum atomic E-state index is 0.211. The quantitative estimate of drug-likeness (QED) is 0.646. The Hall–Kier alpha value is -1.22. The molecule has 0 N–H and O–H groups in total. The molecule has 0 aromatic carbocycles. The van der Waals surface area contributed by atoms with E-state index < -0.39 is 0 Å². The monoisotopic (exact) mass is 293 g/mol. The van der Waals surface area contributed by atoms with Crippen molar-refractivity contribution in [3.63, 3.8) is 0 Å². The highest BCUT2D eigenvalue weighted by atomic mass is 16.5. The Morgan fingerprint density at radius 3 is 2.67 bits per heavy atom. The maximum atomic E-state index is 5.94. The molecule has 0 radical (unpaired) electrons. The van der Waals surface area contributed by atoms with Gasteiger partial charge < -0.3 is 14.4 Å². The molecule has 0 aromatic heterocycles. The SMILES string of the molecule is CCC1C=C(C)O/C1=C/C=C(\C)O[C@@H](C)C[C@H](C)N(C)C. The van der Waals surface area contributed by atoms with Crippen LogP contribution >= 0.6 is 0 Å². The number of ether oxygens (including phenoxy) is 2. The van der Waals surface area contributed by atoms with Crippen LogP contribution in [0, 0.1) is 5.92 Å². The van der Waals surface area contributed by atoms with Crippen LogP contribution < -0.4 is 0 Å². The Morgan fingerprint density at radius 2 is 2.10 bits per heavy atom. The molecule has 21 heavy (non-hydrogen) atoms. The average Bonchev–Trinajstić information content (AvgIpc) is 2.76. The fraction of sp³-hybridized carbons (Fsp3) is 0.667. The first kappa shape index (κ1) is 17.8. The molecule has 3 heteroatoms. The van der Waals surface area contributed by atoms with Gasteiger partial charge in [-0.2, -0.15) is 0 Å². The fourth-order valence-corrected chi connectivity index (χ4v) is 2.43. The van der Waals surface area contributed by atoms with Crippen molar-refractivity contribution in [1.82, 2.24) is 4.90 Å². The van der Waals surface area contributed by atoms with Crippen LogP contribution in [0.1, 0.15) is 47.5 Å². The maximum absolute atomic E-state index is 5.94. The smallest absolute Gasteiger partial charge is 0.111 e. The van der Waals surface area contributed by atoms with Gasteiger partial charge in [-0.1, -0.05) is 6.92 Å². The summed E-state index contributed by atoms with van der Waals surface area (Å²) in [6.45, 7) is 10.5. The molecule has 1 aliphatic heterocycles. The van der Waals surface area contributed by atoms with Gasteiger partial charge in [-0.15, -0.1) is 0 Å². The first-order chi connectivity index (χ1) is 9.83. The second-order valence-electron chi connectivity index (χ2n) is 6.22. The van der Waals surface area contributed by atoms with E-state index >= 15 is 0 Å². The number of allylic oxidation sites excluding steroid dienone is 5. The summed E-state index contributed by atoms with van der Waals surface area (Å²) in [5, 5.41) is 0. The molecule has 3 nitrogen and oxygen atoms in total. The second kappa shape index (κ2) is 8.28. The summed E-state index contributed by atoms with van der Waals surface area (Å²) in [7, 11) is 4.20. The molecule has 3 atom stereocenters. The van der Waals surface area contributed by atoms with Gasteiger partial charge >= 0.3 is 0 Å². The summed E-state index contributed by atoms with van der Waals surface area (Å²) in [6, 6.07) is 0.514. The largest absolute Gasteiger partial charge is 0.495 e. The zero-order valence-corrected chi connectivity index (χ0v) is 14.6. The molecular formula is C18H31NO2. The average molecular weight is 293 g/mol. The standard InChI is InChI=1S/C18H31NO2/c1-8-17-12-16(5)21-18(17)10-9-14(3)20-15(4)11-13(2)19(6)7/h9-10,12-13,15,17H,8,11H2,1-7H3/b14-9+,18-10+/t13-,15-,17?/m0/s1. The van der Waals surface area contributed by atoms with Gasteiger partial charge in [0.2, 0.25) is 0 Å². The van der Waals surface area contributed by atoms with E-state index in [0.717, 1.165) is 30.1 Å². The Labute approximate surface area is 130 Å². The highest BCUT2D eigenvalue weighted by molar-refractivity contribution is 5.22. The lowest BCUT2D eigenvalue weighted by Gasteiger charge is -2.24. The predicted octanol–water partition coefficient (Wildman–Crippen LogP) is 4.48. The summed E-state index contributed by atoms with van der Waals surface area (Å²) in [6.07, 6.45) is 8.53. The fourth-order valence-electron chi connectivity index (χ4n) is 2.43. The molecule has 0 aromatic rings. The molecule has 0 saturated carbocycles. The van der Waals surface area contributed by atoms with E-state index in [1.807, 2.05) is 26.0 Å². The predicted molar refractivity (Wildman–Crippen MR) is 88.8 cm³/mol. The van der Waals surface area contributed by atoms with Crippen molar-refractivity contribution in [1.29, 1.82) is 0 Å². The first-order valence-electron chi connectivity index (χ1n) is 7.91. The van der Waals surface area contributed by atoms with Gasteiger partial charge in [0.15, 0.2) is 0 Å². The zero-order valence-electron chi connectivity index (χ0n) is 14.6. The van der Waals surface area contributed by atoms with Gasteiger partial charge in [-0.3, -0.25) is 0 Å². The maximum Gasteiger partial charge on any atom is 0.111 e. The molecular weight excluding hydrogens is 262 g/mol. The first-order valence-corrected chi connectivity index (χ1v) is 7.91. The van der Waals surface area contributed by atoms with Crippen molar-refractivity contribution in [2.75, 3.05) is 14.1 Å². The van der Waals surface area contributed by atoms with Crippen molar-refractivity contribution >= 4 is 0 Å². The Kier molecular flexibility index (Phi) is 7.03. The third-order valence-corrected chi connectivity index (χ3v) is 3.94. The summed E-state index contributed by atoms with van der Waals surface area (Å²) >= 11 is 0. The lowest BCUT2D eigenvalue weighted by atomic mass is 10.0. The van der Waals surface area contributed by atoms with Gasteiger partial charge in [0, 0.05) is 12.0 Å². The van der Waals surface area contributed by atoms with Gasteiger partial charge in [-0.05, 0) is 72.9 Å². The zero-order chi connectivity index (χ0) is 16.0. The highest BCUT2D eigenvalue weighted by Crippen LogP contribution is 2.29. The Bertz CT molecular complexity index is 421. The lowest BCUT2D eigenvalue weighted by Crippen LogP contribution is -2.28. The van der Waals surface area contributed by atoms with Crippen LogP contribution in [-0.2, 0) is 9.47 Å². The normalized spacial score (nSPS) is 24.0. The molecule has 0 aliphatic carbocycles. The van der Waals surface area contributed by atoms with E-state index in [1.54, 1.807) is 0 Å². The molecule has 0 bridgehead atoms. The van der Waals surface area contributed by atoms with E-state index in [1.165, 1.54) is 0 Å². The molecule has 0 spiro atoms. The summed E-state index contributed by atoms with van der Waals surface area (Å²) in [5.41, 5.74) is 0. The molecule has 1 heterocycles. The summed E-state index contributed by atoms with van der Waals surface area (Å²) < 4.78 is 11.7. The summed E-state index contributed by atoms with van der Waals surface area (Å²) in [4.78, 5) is 2.22. The number of rotatable bonds is 7. The van der Waals surface area contributed by atoms with Crippen LogP contribution in [0.4, 0.5) is 0 Å². The van der Waals surface area contributed by atoms with Crippen LogP contribution in [0.25, 0.3) is 0 Å². The van der Waals surface area contributed by atoms with E-state index in [4.69, 9.17) is 9.47 Å². The molecule has 0 saturated heterocycles. The summed E-state index contributed by atoms with van der Waals surface area (Å²) in [5.74, 6) is 3.35. The molecule has 1 aliphatic rings. The van der Waals surface area contributed by atoms with Crippen LogP contribution in [0.2, 0.25) is 0 Å². The second-order valence-corrected chi connectivity index (χ2v) is 6.22. The molecule has 1 unspecified atom stereocenters. The minimum absolute atomic E-state index is 0.211. The molecule has 0 fully saturated rings. The minimum Gasteiger partial charge on any atom is -0.495 e.